The Morgan fingerprint density at radius 1 is 1.33 bits per heavy atom. The Bertz CT molecular complexity index is 600. The van der Waals surface area contributed by atoms with Crippen molar-refractivity contribution in [3.63, 3.8) is 0 Å². The Kier molecular flexibility index (Phi) is 3.35. The SMILES string of the molecule is Cl.N[C@H]1CCN(C2=NS(=O)(=O)c3ccccc32)C1. The van der Waals surface area contributed by atoms with Crippen LogP contribution in [0.1, 0.15) is 12.0 Å². The van der Waals surface area contributed by atoms with Gasteiger partial charge < -0.3 is 10.6 Å². The maximum atomic E-state index is 11.9. The van der Waals surface area contributed by atoms with Crippen molar-refractivity contribution in [2.45, 2.75) is 17.4 Å². The van der Waals surface area contributed by atoms with Crippen molar-refractivity contribution in [3.8, 4) is 0 Å². The molecule has 2 aliphatic rings. The van der Waals surface area contributed by atoms with Crippen molar-refractivity contribution in [1.29, 1.82) is 0 Å². The van der Waals surface area contributed by atoms with E-state index in [1.807, 2.05) is 11.0 Å². The molecule has 1 aromatic rings. The van der Waals surface area contributed by atoms with Gasteiger partial charge in [0.1, 0.15) is 4.90 Å². The fourth-order valence-corrected chi connectivity index (χ4v) is 3.52. The van der Waals surface area contributed by atoms with Crippen molar-refractivity contribution in [1.82, 2.24) is 4.90 Å². The summed E-state index contributed by atoms with van der Waals surface area (Å²) in [6.07, 6.45) is 0.876. The Morgan fingerprint density at radius 2 is 2.06 bits per heavy atom. The molecule has 1 fully saturated rings. The second-order valence-corrected chi connectivity index (χ2v) is 5.95. The van der Waals surface area contributed by atoms with Crippen LogP contribution in [0.4, 0.5) is 0 Å². The lowest BCUT2D eigenvalue weighted by molar-refractivity contribution is 0.511. The third-order valence-electron chi connectivity index (χ3n) is 3.14. The number of likely N-dealkylation sites (tertiary alicyclic amines) is 1. The van der Waals surface area contributed by atoms with E-state index in [9.17, 15) is 8.42 Å². The van der Waals surface area contributed by atoms with E-state index in [0.717, 1.165) is 13.0 Å². The summed E-state index contributed by atoms with van der Waals surface area (Å²) in [6.45, 7) is 1.44. The Balaban J connectivity index is 0.00000120. The molecule has 0 saturated carbocycles. The summed E-state index contributed by atoms with van der Waals surface area (Å²) in [6, 6.07) is 7.03. The number of nitrogens with zero attached hydrogens (tertiary/aromatic N) is 2. The van der Waals surface area contributed by atoms with Crippen LogP contribution in [-0.4, -0.2) is 38.3 Å². The zero-order valence-electron chi connectivity index (χ0n) is 9.61. The molecule has 0 unspecified atom stereocenters. The van der Waals surface area contributed by atoms with Crippen LogP contribution in [0.25, 0.3) is 0 Å². The van der Waals surface area contributed by atoms with Crippen LogP contribution in [0.2, 0.25) is 0 Å². The summed E-state index contributed by atoms with van der Waals surface area (Å²) in [5.41, 5.74) is 6.53. The third-order valence-corrected chi connectivity index (χ3v) is 4.46. The van der Waals surface area contributed by atoms with E-state index in [-0.39, 0.29) is 18.4 Å². The van der Waals surface area contributed by atoms with E-state index in [1.54, 1.807) is 18.2 Å². The van der Waals surface area contributed by atoms with Gasteiger partial charge in [-0.25, -0.2) is 0 Å². The largest absolute Gasteiger partial charge is 0.354 e. The van der Waals surface area contributed by atoms with Gasteiger partial charge in [-0.2, -0.15) is 8.42 Å². The van der Waals surface area contributed by atoms with E-state index in [2.05, 4.69) is 4.40 Å². The minimum Gasteiger partial charge on any atom is -0.354 e. The molecule has 2 heterocycles. The monoisotopic (exact) mass is 287 g/mol. The van der Waals surface area contributed by atoms with Crippen molar-refractivity contribution in [2.75, 3.05) is 13.1 Å². The molecule has 2 N–H and O–H groups in total. The predicted molar refractivity (Wildman–Crippen MR) is 71.6 cm³/mol. The lowest BCUT2D eigenvalue weighted by Gasteiger charge is -2.17. The molecule has 2 aliphatic heterocycles. The summed E-state index contributed by atoms with van der Waals surface area (Å²) in [5.74, 6) is 0.550. The van der Waals surface area contributed by atoms with Gasteiger partial charge in [0.05, 0.1) is 0 Å². The number of halogens is 1. The molecule has 1 saturated heterocycles. The number of benzene rings is 1. The van der Waals surface area contributed by atoms with Crippen LogP contribution < -0.4 is 5.73 Å². The molecule has 0 spiro atoms. The summed E-state index contributed by atoms with van der Waals surface area (Å²) >= 11 is 0. The fraction of sp³-hybridized carbons (Fsp3) is 0.364. The van der Waals surface area contributed by atoms with Gasteiger partial charge in [0.15, 0.2) is 5.84 Å². The quantitative estimate of drug-likeness (QED) is 0.758. The fourth-order valence-electron chi connectivity index (χ4n) is 2.30. The maximum Gasteiger partial charge on any atom is 0.285 e. The van der Waals surface area contributed by atoms with Gasteiger partial charge in [-0.1, -0.05) is 12.1 Å². The average Bonchev–Trinajstić information content (AvgIpc) is 2.82. The number of hydrogen-bond donors (Lipinski definition) is 1. The molecule has 0 amide bonds. The Hall–Kier alpha value is -1.11. The highest BCUT2D eigenvalue weighted by Crippen LogP contribution is 2.28. The van der Waals surface area contributed by atoms with Crippen LogP contribution in [-0.2, 0) is 10.0 Å². The van der Waals surface area contributed by atoms with Crippen LogP contribution in [0.5, 0.6) is 0 Å². The highest BCUT2D eigenvalue weighted by Gasteiger charge is 2.33. The zero-order chi connectivity index (χ0) is 12.0. The van der Waals surface area contributed by atoms with Gasteiger partial charge in [-0.05, 0) is 18.6 Å². The number of amidine groups is 1. The molecule has 0 aliphatic carbocycles. The van der Waals surface area contributed by atoms with Gasteiger partial charge in [0, 0.05) is 24.7 Å². The molecule has 1 aromatic carbocycles. The Labute approximate surface area is 112 Å². The first kappa shape index (κ1) is 13.3. The molecule has 0 aromatic heterocycles. The molecule has 5 nitrogen and oxygen atoms in total. The summed E-state index contributed by atoms with van der Waals surface area (Å²) in [5, 5.41) is 0. The summed E-state index contributed by atoms with van der Waals surface area (Å²) < 4.78 is 27.6. The molecule has 0 radical (unpaired) electrons. The van der Waals surface area contributed by atoms with E-state index < -0.39 is 10.0 Å². The topological polar surface area (TPSA) is 75.8 Å². The van der Waals surface area contributed by atoms with E-state index in [0.29, 0.717) is 22.8 Å². The number of fused-ring (bicyclic) bond motifs is 1. The van der Waals surface area contributed by atoms with Crippen molar-refractivity contribution in [2.24, 2.45) is 10.1 Å². The van der Waals surface area contributed by atoms with Crippen LogP contribution in [0.15, 0.2) is 33.6 Å². The highest BCUT2D eigenvalue weighted by atomic mass is 35.5. The first-order valence-electron chi connectivity index (χ1n) is 5.53. The van der Waals surface area contributed by atoms with Gasteiger partial charge >= 0.3 is 0 Å². The van der Waals surface area contributed by atoms with Crippen LogP contribution in [0.3, 0.4) is 0 Å². The van der Waals surface area contributed by atoms with Gasteiger partial charge in [0.25, 0.3) is 10.0 Å². The number of sulfonamides is 1. The third kappa shape index (κ3) is 2.00. The lowest BCUT2D eigenvalue weighted by Crippen LogP contribution is -2.31. The minimum atomic E-state index is -3.50. The van der Waals surface area contributed by atoms with E-state index in [1.165, 1.54) is 0 Å². The first-order chi connectivity index (χ1) is 8.08. The van der Waals surface area contributed by atoms with Gasteiger partial charge in [-0.15, -0.1) is 16.8 Å². The van der Waals surface area contributed by atoms with Crippen molar-refractivity contribution >= 4 is 28.3 Å². The second-order valence-electron chi connectivity index (χ2n) is 4.38. The van der Waals surface area contributed by atoms with E-state index >= 15 is 0 Å². The standard InChI is InChI=1S/C11H13N3O2S.ClH/c12-8-5-6-14(7-8)11-9-3-1-2-4-10(9)17(15,16)13-11;/h1-4,8H,5-7,12H2;1H/t8-;/m0./s1. The van der Waals surface area contributed by atoms with Crippen LogP contribution in [0, 0.1) is 0 Å². The molecule has 98 valence electrons. The minimum absolute atomic E-state index is 0. The van der Waals surface area contributed by atoms with Crippen molar-refractivity contribution < 1.29 is 8.42 Å². The van der Waals surface area contributed by atoms with Gasteiger partial charge in [-0.3, -0.25) is 0 Å². The summed E-state index contributed by atoms with van der Waals surface area (Å²) in [7, 11) is -3.50. The predicted octanol–water partition coefficient (Wildman–Crippen LogP) is 0.590. The molecular weight excluding hydrogens is 274 g/mol. The maximum absolute atomic E-state index is 11.9. The normalized spacial score (nSPS) is 24.4. The zero-order valence-corrected chi connectivity index (χ0v) is 11.2. The molecule has 1 atom stereocenters. The average molecular weight is 288 g/mol. The Morgan fingerprint density at radius 3 is 2.72 bits per heavy atom. The summed E-state index contributed by atoms with van der Waals surface area (Å²) in [4.78, 5) is 2.25. The number of rotatable bonds is 0. The number of nitrogens with two attached hydrogens (primary N) is 1. The number of hydrogen-bond acceptors (Lipinski definition) is 4. The lowest BCUT2D eigenvalue weighted by atomic mass is 10.2. The van der Waals surface area contributed by atoms with E-state index in [4.69, 9.17) is 5.73 Å². The van der Waals surface area contributed by atoms with Crippen LogP contribution >= 0.6 is 12.4 Å². The molecule has 18 heavy (non-hydrogen) atoms. The smallest absolute Gasteiger partial charge is 0.285 e. The molecule has 0 bridgehead atoms. The van der Waals surface area contributed by atoms with Crippen molar-refractivity contribution in [3.05, 3.63) is 29.8 Å². The second kappa shape index (κ2) is 4.53. The van der Waals surface area contributed by atoms with Gasteiger partial charge in [0.2, 0.25) is 0 Å². The first-order valence-corrected chi connectivity index (χ1v) is 6.97. The highest BCUT2D eigenvalue weighted by molar-refractivity contribution is 7.90. The molecular formula is C11H14ClN3O2S. The molecule has 3 rings (SSSR count). The molecule has 7 heteroatoms.